The lowest BCUT2D eigenvalue weighted by molar-refractivity contribution is -0.167. The molecule has 0 aliphatic heterocycles. The Balaban J connectivity index is 0. The van der Waals surface area contributed by atoms with Crippen molar-refractivity contribution in [3.8, 4) is 0 Å². The number of carbonyl (C=O) groups is 2. The van der Waals surface area contributed by atoms with Crippen LogP contribution in [0.5, 0.6) is 0 Å². The van der Waals surface area contributed by atoms with E-state index in [-0.39, 0.29) is 19.3 Å². The summed E-state index contributed by atoms with van der Waals surface area (Å²) in [6, 6.07) is 0. The second-order valence-electron chi connectivity index (χ2n) is 2.42. The summed E-state index contributed by atoms with van der Waals surface area (Å²) in [5, 5.41) is 9.28. The molecule has 0 bridgehead atoms. The van der Waals surface area contributed by atoms with Crippen molar-refractivity contribution in [2.24, 2.45) is 5.73 Å². The number of quaternary nitrogens is 1. The lowest BCUT2D eigenvalue weighted by Crippen LogP contribution is -2.47. The fraction of sp³-hybridized carbons (Fsp3) is 0.714. The molecule has 0 aromatic rings. The predicted octanol–water partition coefficient (Wildman–Crippen LogP) is -0.795. The lowest BCUT2D eigenvalue weighted by Gasteiger charge is -2.18. The lowest BCUT2D eigenvalue weighted by atomic mass is 10.0. The molecule has 0 aromatic heterocycles. The van der Waals surface area contributed by atoms with Crippen LogP contribution in [-0.4, -0.2) is 35.6 Å². The molecule has 7 N–H and O–H groups in total. The summed E-state index contributed by atoms with van der Waals surface area (Å²) in [6.07, 6.45) is 0. The van der Waals surface area contributed by atoms with Gasteiger partial charge in [-0.25, -0.2) is 4.79 Å². The highest BCUT2D eigenvalue weighted by atomic mass is 16.5. The Morgan fingerprint density at radius 3 is 2.31 bits per heavy atom. The van der Waals surface area contributed by atoms with E-state index in [1.807, 2.05) is 0 Å². The number of ether oxygens (including phenoxy) is 1. The molecular formula is C7H17N2O4+. The highest BCUT2D eigenvalue weighted by Gasteiger charge is 2.38. The van der Waals surface area contributed by atoms with Crippen LogP contribution in [0, 0.1) is 0 Å². The van der Waals surface area contributed by atoms with Crippen LogP contribution in [0.15, 0.2) is 0 Å². The SMILES string of the molecule is CCOC(=O)C(C)(O)C(=O)CN.[NH4+]. The minimum Gasteiger partial charge on any atom is -0.464 e. The van der Waals surface area contributed by atoms with E-state index in [0.29, 0.717) is 0 Å². The van der Waals surface area contributed by atoms with Gasteiger partial charge < -0.3 is 21.7 Å². The van der Waals surface area contributed by atoms with Crippen LogP contribution >= 0.6 is 0 Å². The average Bonchev–Trinajstić information content (AvgIpc) is 2.03. The van der Waals surface area contributed by atoms with Crippen LogP contribution in [-0.2, 0) is 14.3 Å². The maximum atomic E-state index is 10.9. The Labute approximate surface area is 76.6 Å². The predicted molar refractivity (Wildman–Crippen MR) is 47.3 cm³/mol. The molecule has 0 saturated heterocycles. The highest BCUT2D eigenvalue weighted by Crippen LogP contribution is 2.06. The third-order valence-corrected chi connectivity index (χ3v) is 1.40. The molecule has 6 nitrogen and oxygen atoms in total. The minimum absolute atomic E-state index is 0. The van der Waals surface area contributed by atoms with Crippen molar-refractivity contribution < 1.29 is 19.4 Å². The van der Waals surface area contributed by atoms with Crippen LogP contribution in [0.4, 0.5) is 0 Å². The summed E-state index contributed by atoms with van der Waals surface area (Å²) in [7, 11) is 0. The molecule has 0 aliphatic carbocycles. The number of Topliss-reactive ketones (excluding diaryl/α,β-unsaturated/α-hetero) is 1. The topological polar surface area (TPSA) is 126 Å². The number of esters is 1. The normalized spacial score (nSPS) is 13.8. The first kappa shape index (κ1) is 14.5. The van der Waals surface area contributed by atoms with Crippen molar-refractivity contribution in [3.05, 3.63) is 0 Å². The molecule has 6 heteroatoms. The highest BCUT2D eigenvalue weighted by molar-refractivity contribution is 6.07. The monoisotopic (exact) mass is 193 g/mol. The first-order valence-corrected chi connectivity index (χ1v) is 3.59. The van der Waals surface area contributed by atoms with E-state index < -0.39 is 17.4 Å². The molecule has 1 unspecified atom stereocenters. The van der Waals surface area contributed by atoms with Gasteiger partial charge in [-0.2, -0.15) is 0 Å². The number of aliphatic hydroxyl groups is 1. The van der Waals surface area contributed by atoms with Gasteiger partial charge in [0.1, 0.15) is 0 Å². The van der Waals surface area contributed by atoms with Gasteiger partial charge in [0.05, 0.1) is 13.2 Å². The number of rotatable bonds is 4. The van der Waals surface area contributed by atoms with E-state index in [4.69, 9.17) is 5.73 Å². The van der Waals surface area contributed by atoms with E-state index in [1.165, 1.54) is 0 Å². The van der Waals surface area contributed by atoms with Crippen molar-refractivity contribution in [1.82, 2.24) is 6.15 Å². The zero-order valence-corrected chi connectivity index (χ0v) is 8.16. The van der Waals surface area contributed by atoms with Gasteiger partial charge in [0.2, 0.25) is 5.60 Å². The van der Waals surface area contributed by atoms with Crippen LogP contribution in [0.1, 0.15) is 13.8 Å². The Bertz CT molecular complexity index is 191. The molecule has 0 aliphatic rings. The fourth-order valence-electron chi connectivity index (χ4n) is 0.584. The summed E-state index contributed by atoms with van der Waals surface area (Å²) >= 11 is 0. The second-order valence-corrected chi connectivity index (χ2v) is 2.42. The third kappa shape index (κ3) is 3.49. The standard InChI is InChI=1S/C7H13NO4.H3N/c1-3-12-6(10)7(2,11)5(9)4-8;/h11H,3-4,8H2,1-2H3;1H3/p+1. The maximum Gasteiger partial charge on any atom is 0.345 e. The van der Waals surface area contributed by atoms with Gasteiger partial charge in [0, 0.05) is 0 Å². The van der Waals surface area contributed by atoms with Gasteiger partial charge in [0.25, 0.3) is 0 Å². The van der Waals surface area contributed by atoms with Crippen molar-refractivity contribution in [2.45, 2.75) is 19.4 Å². The molecule has 0 aromatic carbocycles. The smallest absolute Gasteiger partial charge is 0.345 e. The number of hydrogen-bond donors (Lipinski definition) is 3. The van der Waals surface area contributed by atoms with Crippen molar-refractivity contribution in [2.75, 3.05) is 13.2 Å². The Morgan fingerprint density at radius 1 is 1.54 bits per heavy atom. The third-order valence-electron chi connectivity index (χ3n) is 1.40. The van der Waals surface area contributed by atoms with Gasteiger partial charge in [-0.05, 0) is 13.8 Å². The van der Waals surface area contributed by atoms with Crippen molar-refractivity contribution in [3.63, 3.8) is 0 Å². The molecule has 0 fully saturated rings. The van der Waals surface area contributed by atoms with E-state index in [1.54, 1.807) is 6.92 Å². The van der Waals surface area contributed by atoms with E-state index >= 15 is 0 Å². The molecule has 0 heterocycles. The van der Waals surface area contributed by atoms with Crippen LogP contribution in [0.25, 0.3) is 0 Å². The van der Waals surface area contributed by atoms with Gasteiger partial charge in [0.15, 0.2) is 5.78 Å². The molecule has 78 valence electrons. The van der Waals surface area contributed by atoms with Gasteiger partial charge in [-0.1, -0.05) is 0 Å². The van der Waals surface area contributed by atoms with E-state index in [9.17, 15) is 14.7 Å². The molecule has 1 atom stereocenters. The largest absolute Gasteiger partial charge is 0.464 e. The Morgan fingerprint density at radius 2 is 2.00 bits per heavy atom. The molecule has 13 heavy (non-hydrogen) atoms. The molecule has 0 radical (unpaired) electrons. The Hall–Kier alpha value is -0.980. The zero-order valence-electron chi connectivity index (χ0n) is 8.16. The number of ketones is 1. The maximum absolute atomic E-state index is 10.9. The number of nitrogens with two attached hydrogens (primary N) is 1. The first-order valence-electron chi connectivity index (χ1n) is 3.59. The molecule has 0 saturated carbocycles. The first-order chi connectivity index (χ1) is 5.46. The van der Waals surface area contributed by atoms with Crippen molar-refractivity contribution in [1.29, 1.82) is 0 Å². The molecule has 0 amide bonds. The molecule has 0 spiro atoms. The van der Waals surface area contributed by atoms with Gasteiger partial charge in [-0.15, -0.1) is 0 Å². The van der Waals surface area contributed by atoms with E-state index in [2.05, 4.69) is 4.74 Å². The summed E-state index contributed by atoms with van der Waals surface area (Å²) < 4.78 is 4.46. The van der Waals surface area contributed by atoms with Crippen LogP contribution in [0.2, 0.25) is 0 Å². The fourth-order valence-corrected chi connectivity index (χ4v) is 0.584. The average molecular weight is 193 g/mol. The van der Waals surface area contributed by atoms with E-state index in [0.717, 1.165) is 6.92 Å². The van der Waals surface area contributed by atoms with Crippen LogP contribution < -0.4 is 11.9 Å². The minimum atomic E-state index is -2.11. The summed E-state index contributed by atoms with van der Waals surface area (Å²) in [4.78, 5) is 21.8. The zero-order chi connectivity index (χ0) is 9.78. The molecule has 0 rings (SSSR count). The number of hydrogen-bond acceptors (Lipinski definition) is 5. The quantitative estimate of drug-likeness (QED) is 0.398. The Kier molecular flexibility index (Phi) is 6.30. The number of carbonyl (C=O) groups excluding carboxylic acids is 2. The summed E-state index contributed by atoms with van der Waals surface area (Å²) in [5.41, 5.74) is 2.87. The molecular weight excluding hydrogens is 176 g/mol. The van der Waals surface area contributed by atoms with Crippen LogP contribution in [0.3, 0.4) is 0 Å². The van der Waals surface area contributed by atoms with Crippen molar-refractivity contribution >= 4 is 11.8 Å². The van der Waals surface area contributed by atoms with Gasteiger partial charge in [-0.3, -0.25) is 4.79 Å². The summed E-state index contributed by atoms with van der Waals surface area (Å²) in [5.74, 6) is -1.71. The summed E-state index contributed by atoms with van der Waals surface area (Å²) in [6.45, 7) is 2.39. The second kappa shape index (κ2) is 5.63. The van der Waals surface area contributed by atoms with Gasteiger partial charge >= 0.3 is 5.97 Å².